The van der Waals surface area contributed by atoms with Gasteiger partial charge in [-0.2, -0.15) is 13.2 Å². The number of amides is 1. The van der Waals surface area contributed by atoms with Crippen molar-refractivity contribution in [3.63, 3.8) is 0 Å². The Morgan fingerprint density at radius 3 is 1.91 bits per heavy atom. The predicted molar refractivity (Wildman–Crippen MR) is 192 cm³/mol. The topological polar surface area (TPSA) is 120 Å². The number of anilines is 1. The van der Waals surface area contributed by atoms with E-state index in [1.807, 2.05) is 0 Å². The summed E-state index contributed by atoms with van der Waals surface area (Å²) in [7, 11) is 3.06. The lowest BCUT2D eigenvalue weighted by Crippen LogP contribution is -2.50. The van der Waals surface area contributed by atoms with Crippen LogP contribution in [-0.4, -0.2) is 62.8 Å². The second-order valence-electron chi connectivity index (χ2n) is 11.9. The first-order chi connectivity index (χ1) is 25.1. The second-order valence-corrected chi connectivity index (χ2v) is 11.9. The molecule has 4 aromatic rings. The zero-order chi connectivity index (χ0) is 38.9. The first kappa shape index (κ1) is 39.7. The number of ether oxygens (including phenoxy) is 4. The molecular weight excluding hydrogens is 693 g/mol. The molecule has 1 amide bonds. The maximum Gasteiger partial charge on any atom is 0.513 e. The number of halogens is 3. The maximum atomic E-state index is 13.4. The van der Waals surface area contributed by atoms with Gasteiger partial charge in [-0.15, -0.1) is 0 Å². The Labute approximate surface area is 305 Å². The lowest BCUT2D eigenvalue weighted by molar-refractivity contribution is -0.167. The van der Waals surface area contributed by atoms with Crippen LogP contribution in [0.25, 0.3) is 16.8 Å². The molecule has 0 saturated carbocycles. The molecule has 278 valence electrons. The van der Waals surface area contributed by atoms with Gasteiger partial charge in [0.2, 0.25) is 5.41 Å². The van der Waals surface area contributed by atoms with Crippen molar-refractivity contribution in [2.45, 2.75) is 32.4 Å². The summed E-state index contributed by atoms with van der Waals surface area (Å²) in [6.07, 6.45) is -5.76. The number of hydrogen-bond donors (Lipinski definition) is 1. The monoisotopic (exact) mass is 732 g/mol. The summed E-state index contributed by atoms with van der Waals surface area (Å²) in [4.78, 5) is 54.5. The molecule has 10 nitrogen and oxygen atoms in total. The summed E-state index contributed by atoms with van der Waals surface area (Å²) >= 11 is 0. The molecule has 53 heavy (non-hydrogen) atoms. The van der Waals surface area contributed by atoms with Gasteiger partial charge >= 0.3 is 24.3 Å². The Balaban J connectivity index is 1.64. The number of nitrogens with one attached hydrogen (secondary N) is 1. The highest BCUT2D eigenvalue weighted by molar-refractivity contribution is 6.07. The van der Waals surface area contributed by atoms with Gasteiger partial charge in [-0.1, -0.05) is 73.3 Å². The van der Waals surface area contributed by atoms with Crippen molar-refractivity contribution in [2.24, 2.45) is 0 Å². The fourth-order valence-corrected chi connectivity index (χ4v) is 5.42. The van der Waals surface area contributed by atoms with E-state index < -0.39 is 47.8 Å². The lowest BCUT2D eigenvalue weighted by atomic mass is 9.81. The van der Waals surface area contributed by atoms with Crippen LogP contribution in [0.5, 0.6) is 5.75 Å². The second kappa shape index (κ2) is 16.9. The van der Waals surface area contributed by atoms with E-state index in [-0.39, 0.29) is 30.1 Å². The summed E-state index contributed by atoms with van der Waals surface area (Å²) in [5, 5.41) is 3.15. The molecule has 0 saturated heterocycles. The van der Waals surface area contributed by atoms with Crippen LogP contribution in [0.4, 0.5) is 23.7 Å². The third-order valence-corrected chi connectivity index (χ3v) is 8.13. The van der Waals surface area contributed by atoms with Crippen LogP contribution in [0.3, 0.4) is 0 Å². The number of hydrogen-bond acceptors (Lipinski definition) is 9. The SMILES string of the molecule is C=C(Nc1cc(C)c(OC(=O)OCC(C(=O)OCC)(C(=O)OCC)c2ccccc2)cc1C(=O)N(C)C)c1ccccc1-c1ccc(C(F)(F)F)cc1. The fraction of sp³-hybridized carbons (Fsp3) is 0.250. The van der Waals surface area contributed by atoms with Crippen LogP contribution in [-0.2, 0) is 35.4 Å². The van der Waals surface area contributed by atoms with Gasteiger partial charge in [0.25, 0.3) is 5.91 Å². The molecule has 4 aromatic carbocycles. The number of rotatable bonds is 13. The normalized spacial score (nSPS) is 11.2. The van der Waals surface area contributed by atoms with E-state index in [0.717, 1.165) is 12.1 Å². The molecule has 0 unspecified atom stereocenters. The molecule has 0 aliphatic heterocycles. The molecule has 0 bridgehead atoms. The van der Waals surface area contributed by atoms with Crippen molar-refractivity contribution in [2.75, 3.05) is 39.2 Å². The van der Waals surface area contributed by atoms with Crippen LogP contribution in [0.2, 0.25) is 0 Å². The largest absolute Gasteiger partial charge is 0.513 e. The highest BCUT2D eigenvalue weighted by atomic mass is 19.4. The van der Waals surface area contributed by atoms with Crippen LogP contribution in [0, 0.1) is 6.92 Å². The highest BCUT2D eigenvalue weighted by Gasteiger charge is 2.52. The minimum absolute atomic E-state index is 0.0564. The Kier molecular flexibility index (Phi) is 12.7. The van der Waals surface area contributed by atoms with E-state index in [9.17, 15) is 32.3 Å². The van der Waals surface area contributed by atoms with E-state index in [4.69, 9.17) is 18.9 Å². The zero-order valence-corrected chi connectivity index (χ0v) is 29.8. The van der Waals surface area contributed by atoms with Crippen LogP contribution in [0.1, 0.15) is 46.5 Å². The Morgan fingerprint density at radius 1 is 0.755 bits per heavy atom. The molecule has 0 heterocycles. The fourth-order valence-electron chi connectivity index (χ4n) is 5.42. The third kappa shape index (κ3) is 9.04. The molecule has 0 aliphatic carbocycles. The van der Waals surface area contributed by atoms with Gasteiger partial charge in [0.05, 0.1) is 30.0 Å². The van der Waals surface area contributed by atoms with Gasteiger partial charge in [-0.25, -0.2) is 4.79 Å². The zero-order valence-electron chi connectivity index (χ0n) is 29.8. The minimum atomic E-state index is -4.49. The number of carbonyl (C=O) groups is 4. The van der Waals surface area contributed by atoms with E-state index in [2.05, 4.69) is 11.9 Å². The Hall–Kier alpha value is -6.11. The van der Waals surface area contributed by atoms with Gasteiger partial charge < -0.3 is 29.2 Å². The molecule has 4 rings (SSSR count). The maximum absolute atomic E-state index is 13.4. The van der Waals surface area contributed by atoms with Crippen molar-refractivity contribution < 1.29 is 51.3 Å². The summed E-state index contributed by atoms with van der Waals surface area (Å²) in [5.74, 6) is -2.49. The van der Waals surface area contributed by atoms with Gasteiger partial charge in [0.1, 0.15) is 12.4 Å². The summed E-state index contributed by atoms with van der Waals surface area (Å²) in [6, 6.07) is 22.5. The Morgan fingerprint density at radius 2 is 1.34 bits per heavy atom. The van der Waals surface area contributed by atoms with Crippen molar-refractivity contribution in [1.29, 1.82) is 0 Å². The molecular formula is C40H39F3N2O8. The molecule has 0 radical (unpaired) electrons. The molecule has 1 N–H and O–H groups in total. The van der Waals surface area contributed by atoms with Gasteiger partial charge in [-0.05, 0) is 67.3 Å². The van der Waals surface area contributed by atoms with Crippen LogP contribution >= 0.6 is 0 Å². The smallest absolute Gasteiger partial charge is 0.465 e. The molecule has 0 fully saturated rings. The molecule has 13 heteroatoms. The van der Waals surface area contributed by atoms with Gasteiger partial charge in [-0.3, -0.25) is 14.4 Å². The first-order valence-electron chi connectivity index (χ1n) is 16.5. The predicted octanol–water partition coefficient (Wildman–Crippen LogP) is 8.05. The lowest BCUT2D eigenvalue weighted by Gasteiger charge is -2.29. The van der Waals surface area contributed by atoms with Crippen molar-refractivity contribution >= 4 is 35.4 Å². The van der Waals surface area contributed by atoms with Crippen LogP contribution in [0.15, 0.2) is 97.6 Å². The quantitative estimate of drug-likeness (QED) is 0.0630. The first-order valence-corrected chi connectivity index (χ1v) is 16.5. The Bertz CT molecular complexity index is 1960. The van der Waals surface area contributed by atoms with Gasteiger partial charge in [0, 0.05) is 25.4 Å². The van der Waals surface area contributed by atoms with E-state index in [1.54, 1.807) is 69.3 Å². The average molecular weight is 733 g/mol. The number of carbonyl (C=O) groups excluding carboxylic acids is 4. The summed E-state index contributed by atoms with van der Waals surface area (Å²) in [6.45, 7) is 7.94. The van der Waals surface area contributed by atoms with E-state index in [0.29, 0.717) is 33.6 Å². The number of aryl methyl sites for hydroxylation is 1. The van der Waals surface area contributed by atoms with Crippen molar-refractivity contribution in [1.82, 2.24) is 4.90 Å². The van der Waals surface area contributed by atoms with Crippen molar-refractivity contribution in [3.05, 3.63) is 125 Å². The van der Waals surface area contributed by atoms with Gasteiger partial charge in [0.15, 0.2) is 0 Å². The number of esters is 2. The number of alkyl halides is 3. The standard InChI is InChI=1S/C40H39F3N2O8/c1-7-50-36(47)39(37(48)51-8-2,28-14-10-9-11-15-28)24-52-38(49)53-34-23-32(35(46)45(5)6)33(22-25(34)3)44-26(4)30-16-12-13-17-31(30)27-18-20-29(21-19-27)40(41,42)43/h9-23,44H,4,7-8,24H2,1-3,5-6H3. The van der Waals surface area contributed by atoms with Crippen LogP contribution < -0.4 is 10.1 Å². The minimum Gasteiger partial charge on any atom is -0.465 e. The highest BCUT2D eigenvalue weighted by Crippen LogP contribution is 2.36. The van der Waals surface area contributed by atoms with Crippen molar-refractivity contribution in [3.8, 4) is 16.9 Å². The number of nitrogens with zero attached hydrogens (tertiary/aromatic N) is 1. The molecule has 0 spiro atoms. The summed E-state index contributed by atoms with van der Waals surface area (Å²) < 4.78 is 60.9. The van der Waals surface area contributed by atoms with E-state index >= 15 is 0 Å². The average Bonchev–Trinajstić information content (AvgIpc) is 3.13. The molecule has 0 aromatic heterocycles. The summed E-state index contributed by atoms with van der Waals surface area (Å²) in [5.41, 5.74) is -0.00870. The molecule has 0 aliphatic rings. The van der Waals surface area contributed by atoms with E-state index in [1.165, 1.54) is 49.3 Å². The number of benzene rings is 4. The molecule has 0 atom stereocenters. The third-order valence-electron chi connectivity index (χ3n) is 8.13.